The second-order valence-corrected chi connectivity index (χ2v) is 5.12. The van der Waals surface area contributed by atoms with Crippen LogP contribution in [0.5, 0.6) is 0 Å². The van der Waals surface area contributed by atoms with Gasteiger partial charge in [-0.05, 0) is 13.1 Å². The zero-order chi connectivity index (χ0) is 15.9. The SMILES string of the molecule is CN1CCN(CCC(=O)N/N=C/c2ccc([N+](=O)[O-])o2)CC1. The van der Waals surface area contributed by atoms with Crippen LogP contribution in [0.2, 0.25) is 0 Å². The first-order chi connectivity index (χ1) is 10.5. The topological polar surface area (TPSA) is 104 Å². The van der Waals surface area contributed by atoms with Gasteiger partial charge in [-0.1, -0.05) is 0 Å². The van der Waals surface area contributed by atoms with Crippen molar-refractivity contribution in [2.75, 3.05) is 39.8 Å². The molecule has 0 saturated carbocycles. The molecular formula is C13H19N5O4. The van der Waals surface area contributed by atoms with Crippen molar-refractivity contribution < 1.29 is 14.1 Å². The average molecular weight is 309 g/mol. The number of furan rings is 1. The molecule has 9 nitrogen and oxygen atoms in total. The molecule has 0 aliphatic carbocycles. The van der Waals surface area contributed by atoms with Gasteiger partial charge in [-0.25, -0.2) is 5.43 Å². The molecule has 2 rings (SSSR count). The van der Waals surface area contributed by atoms with Crippen LogP contribution in [0.25, 0.3) is 0 Å². The van der Waals surface area contributed by atoms with Crippen molar-refractivity contribution in [1.82, 2.24) is 15.2 Å². The summed E-state index contributed by atoms with van der Waals surface area (Å²) in [6.07, 6.45) is 1.60. The van der Waals surface area contributed by atoms with Crippen molar-refractivity contribution in [2.24, 2.45) is 5.10 Å². The van der Waals surface area contributed by atoms with Gasteiger partial charge in [-0.3, -0.25) is 14.9 Å². The van der Waals surface area contributed by atoms with E-state index in [0.717, 1.165) is 26.2 Å². The molecule has 9 heteroatoms. The Hall–Kier alpha value is -2.26. The third-order valence-corrected chi connectivity index (χ3v) is 3.42. The van der Waals surface area contributed by atoms with Crippen LogP contribution in [0, 0.1) is 10.1 Å². The molecule has 1 aromatic rings. The summed E-state index contributed by atoms with van der Waals surface area (Å²) in [5.74, 6) is -0.342. The maximum absolute atomic E-state index is 11.7. The molecule has 0 radical (unpaired) electrons. The summed E-state index contributed by atoms with van der Waals surface area (Å²) in [7, 11) is 2.08. The smallest absolute Gasteiger partial charge is 0.400 e. The van der Waals surface area contributed by atoms with E-state index in [-0.39, 0.29) is 17.6 Å². The molecular weight excluding hydrogens is 290 g/mol. The van der Waals surface area contributed by atoms with Crippen LogP contribution in [0.1, 0.15) is 12.2 Å². The van der Waals surface area contributed by atoms with E-state index in [4.69, 9.17) is 4.42 Å². The molecule has 120 valence electrons. The maximum Gasteiger partial charge on any atom is 0.433 e. The van der Waals surface area contributed by atoms with Gasteiger partial charge in [0, 0.05) is 39.1 Å². The van der Waals surface area contributed by atoms with Crippen LogP contribution in [-0.4, -0.2) is 66.6 Å². The molecule has 0 aromatic carbocycles. The number of hydrogen-bond donors (Lipinski definition) is 1. The second kappa shape index (κ2) is 7.66. The van der Waals surface area contributed by atoms with E-state index in [1.165, 1.54) is 18.3 Å². The number of nitrogens with one attached hydrogen (secondary N) is 1. The molecule has 1 aromatic heterocycles. The highest BCUT2D eigenvalue weighted by Gasteiger charge is 2.14. The lowest BCUT2D eigenvalue weighted by atomic mass is 10.3. The van der Waals surface area contributed by atoms with Gasteiger partial charge in [0.05, 0.1) is 12.3 Å². The van der Waals surface area contributed by atoms with Gasteiger partial charge in [0.25, 0.3) is 0 Å². The Morgan fingerprint density at radius 1 is 1.45 bits per heavy atom. The molecule has 1 aliphatic heterocycles. The molecule has 1 fully saturated rings. The fourth-order valence-electron chi connectivity index (χ4n) is 2.06. The third-order valence-electron chi connectivity index (χ3n) is 3.42. The Balaban J connectivity index is 1.68. The number of rotatable bonds is 6. The summed E-state index contributed by atoms with van der Waals surface area (Å²) >= 11 is 0. The number of carbonyl (C=O) groups is 1. The molecule has 22 heavy (non-hydrogen) atoms. The van der Waals surface area contributed by atoms with Crippen LogP contribution in [0.15, 0.2) is 21.7 Å². The number of hydrazone groups is 1. The molecule has 1 amide bonds. The lowest BCUT2D eigenvalue weighted by molar-refractivity contribution is -0.402. The van der Waals surface area contributed by atoms with Gasteiger partial charge in [-0.15, -0.1) is 0 Å². The lowest BCUT2D eigenvalue weighted by Gasteiger charge is -2.32. The molecule has 1 aliphatic rings. The number of hydrogen-bond acceptors (Lipinski definition) is 7. The second-order valence-electron chi connectivity index (χ2n) is 5.12. The molecule has 0 unspecified atom stereocenters. The summed E-state index contributed by atoms with van der Waals surface area (Å²) in [6.45, 7) is 4.64. The first-order valence-electron chi connectivity index (χ1n) is 7.01. The summed E-state index contributed by atoms with van der Waals surface area (Å²) in [5, 5.41) is 14.2. The minimum Gasteiger partial charge on any atom is -0.400 e. The normalized spacial score (nSPS) is 17.0. The Bertz CT molecular complexity index is 548. The average Bonchev–Trinajstić information content (AvgIpc) is 2.96. The van der Waals surface area contributed by atoms with Crippen molar-refractivity contribution in [3.05, 3.63) is 28.0 Å². The number of nitrogens with zero attached hydrogens (tertiary/aromatic N) is 4. The number of amides is 1. The van der Waals surface area contributed by atoms with Gasteiger partial charge >= 0.3 is 5.88 Å². The highest BCUT2D eigenvalue weighted by atomic mass is 16.6. The van der Waals surface area contributed by atoms with Gasteiger partial charge < -0.3 is 14.2 Å². The maximum atomic E-state index is 11.7. The quantitative estimate of drug-likeness (QED) is 0.459. The first-order valence-corrected chi connectivity index (χ1v) is 7.01. The van der Waals surface area contributed by atoms with Gasteiger partial charge in [0.2, 0.25) is 5.91 Å². The van der Waals surface area contributed by atoms with Gasteiger partial charge in [0.1, 0.15) is 4.92 Å². The standard InChI is InChI=1S/C13H19N5O4/c1-16-6-8-17(9-7-16)5-4-12(19)15-14-10-11-2-3-13(22-11)18(20)21/h2-3,10H,4-9H2,1H3,(H,15,19)/b14-10+. The van der Waals surface area contributed by atoms with Crippen molar-refractivity contribution in [3.8, 4) is 0 Å². The minimum atomic E-state index is -0.633. The van der Waals surface area contributed by atoms with Crippen LogP contribution in [0.4, 0.5) is 5.88 Å². The lowest BCUT2D eigenvalue weighted by Crippen LogP contribution is -2.45. The van der Waals surface area contributed by atoms with Gasteiger partial charge in [-0.2, -0.15) is 5.10 Å². The van der Waals surface area contributed by atoms with E-state index in [1.54, 1.807) is 0 Å². The highest BCUT2D eigenvalue weighted by molar-refractivity contribution is 5.80. The van der Waals surface area contributed by atoms with E-state index in [2.05, 4.69) is 27.4 Å². The predicted molar refractivity (Wildman–Crippen MR) is 79.7 cm³/mol. The van der Waals surface area contributed by atoms with E-state index >= 15 is 0 Å². The van der Waals surface area contributed by atoms with Crippen LogP contribution >= 0.6 is 0 Å². The van der Waals surface area contributed by atoms with E-state index in [0.29, 0.717) is 13.0 Å². The molecule has 1 N–H and O–H groups in total. The Morgan fingerprint density at radius 3 is 2.82 bits per heavy atom. The number of carbonyl (C=O) groups excluding carboxylic acids is 1. The summed E-state index contributed by atoms with van der Waals surface area (Å²) < 4.78 is 4.88. The van der Waals surface area contributed by atoms with Gasteiger partial charge in [0.15, 0.2) is 5.76 Å². The zero-order valence-corrected chi connectivity index (χ0v) is 12.4. The van der Waals surface area contributed by atoms with Crippen LogP contribution < -0.4 is 5.43 Å². The van der Waals surface area contributed by atoms with E-state index < -0.39 is 4.92 Å². The van der Waals surface area contributed by atoms with E-state index in [1.807, 2.05) is 0 Å². The highest BCUT2D eigenvalue weighted by Crippen LogP contribution is 2.13. The van der Waals surface area contributed by atoms with Crippen LogP contribution in [0.3, 0.4) is 0 Å². The Morgan fingerprint density at radius 2 is 2.18 bits per heavy atom. The summed E-state index contributed by atoms with van der Waals surface area (Å²) in [4.78, 5) is 26.0. The fourth-order valence-corrected chi connectivity index (χ4v) is 2.06. The zero-order valence-electron chi connectivity index (χ0n) is 12.4. The number of piperazine rings is 1. The molecule has 1 saturated heterocycles. The monoisotopic (exact) mass is 309 g/mol. The summed E-state index contributed by atoms with van der Waals surface area (Å²) in [5.41, 5.74) is 2.38. The van der Waals surface area contributed by atoms with Crippen molar-refractivity contribution in [1.29, 1.82) is 0 Å². The Kier molecular flexibility index (Phi) is 5.61. The molecule has 0 spiro atoms. The van der Waals surface area contributed by atoms with Crippen molar-refractivity contribution in [3.63, 3.8) is 0 Å². The van der Waals surface area contributed by atoms with E-state index in [9.17, 15) is 14.9 Å². The largest absolute Gasteiger partial charge is 0.433 e. The molecule has 2 heterocycles. The first kappa shape index (κ1) is 16.1. The molecule has 0 bridgehead atoms. The van der Waals surface area contributed by atoms with Crippen molar-refractivity contribution >= 4 is 18.0 Å². The third kappa shape index (κ3) is 4.93. The predicted octanol–water partition coefficient (Wildman–Crippen LogP) is 0.275. The Labute approximate surface area is 127 Å². The number of nitro groups is 1. The molecule has 0 atom stereocenters. The van der Waals surface area contributed by atoms with Crippen LogP contribution in [-0.2, 0) is 4.79 Å². The fraction of sp³-hybridized carbons (Fsp3) is 0.538. The summed E-state index contributed by atoms with van der Waals surface area (Å²) in [6, 6.07) is 2.65. The minimum absolute atomic E-state index is 0.198. The van der Waals surface area contributed by atoms with Crippen molar-refractivity contribution in [2.45, 2.75) is 6.42 Å². The number of likely N-dealkylation sites (N-methyl/N-ethyl adjacent to an activating group) is 1.